The van der Waals surface area contributed by atoms with E-state index in [-0.39, 0.29) is 36.2 Å². The Morgan fingerprint density at radius 1 is 1.00 bits per heavy atom. The number of carbonyl (C=O) groups excluding carboxylic acids is 2. The second-order valence-corrected chi connectivity index (χ2v) is 8.97. The van der Waals surface area contributed by atoms with Crippen LogP contribution in [0.5, 0.6) is 0 Å². The molecule has 2 amide bonds. The Bertz CT molecular complexity index is 1020. The smallest absolute Gasteiger partial charge is 0.407 e. The summed E-state index contributed by atoms with van der Waals surface area (Å²) in [6.45, 7) is 0.520. The van der Waals surface area contributed by atoms with E-state index >= 15 is 0 Å². The zero-order valence-electron chi connectivity index (χ0n) is 17.6. The van der Waals surface area contributed by atoms with Crippen molar-refractivity contribution in [3.8, 4) is 11.1 Å². The maximum absolute atomic E-state index is 12.6. The molecular weight excluding hydrogens is 408 g/mol. The first kappa shape index (κ1) is 20.5. The largest absolute Gasteiger partial charge is 0.481 e. The topological polar surface area (TPSA) is 105 Å². The van der Waals surface area contributed by atoms with Crippen molar-refractivity contribution >= 4 is 18.0 Å². The molecular formula is C25H26N2O5. The van der Waals surface area contributed by atoms with Gasteiger partial charge in [0.2, 0.25) is 5.91 Å². The van der Waals surface area contributed by atoms with E-state index in [1.165, 1.54) is 0 Å². The van der Waals surface area contributed by atoms with E-state index in [2.05, 4.69) is 34.9 Å². The summed E-state index contributed by atoms with van der Waals surface area (Å²) in [5.74, 6) is -1.42. The van der Waals surface area contributed by atoms with Crippen LogP contribution in [-0.2, 0) is 14.3 Å². The number of aliphatic carboxylic acids is 1. The highest BCUT2D eigenvalue weighted by Gasteiger charge is 2.44. The summed E-state index contributed by atoms with van der Waals surface area (Å²) in [5, 5.41) is 14.5. The van der Waals surface area contributed by atoms with Crippen molar-refractivity contribution in [3.63, 3.8) is 0 Å². The molecule has 3 aliphatic rings. The average molecular weight is 434 g/mol. The van der Waals surface area contributed by atoms with E-state index in [0.29, 0.717) is 13.0 Å². The van der Waals surface area contributed by atoms with Gasteiger partial charge in [0.05, 0.1) is 5.92 Å². The number of fused-ring (bicyclic) bond motifs is 3. The molecule has 2 aromatic rings. The van der Waals surface area contributed by atoms with Gasteiger partial charge in [-0.3, -0.25) is 9.59 Å². The Balaban J connectivity index is 1.18. The highest BCUT2D eigenvalue weighted by atomic mass is 16.5. The van der Waals surface area contributed by atoms with Gasteiger partial charge in [0.1, 0.15) is 12.6 Å². The van der Waals surface area contributed by atoms with Gasteiger partial charge in [-0.2, -0.15) is 0 Å². The lowest BCUT2D eigenvalue weighted by atomic mass is 9.98. The first-order valence-corrected chi connectivity index (χ1v) is 11.1. The Kier molecular flexibility index (Phi) is 5.33. The first-order chi connectivity index (χ1) is 15.5. The molecule has 166 valence electrons. The van der Waals surface area contributed by atoms with Crippen LogP contribution in [0.15, 0.2) is 48.5 Å². The third-order valence-corrected chi connectivity index (χ3v) is 6.77. The molecule has 2 fully saturated rings. The standard InChI is InChI=1S/C25H26N2O5/c28-23(26-12-15-11-20(15)24(29)30)22(14-9-10-14)27-25(31)32-13-21-18-7-3-1-5-16(18)17-6-2-4-8-19(17)21/h1-8,14-15,20-22H,9-13H2,(H,26,28)(H,27,31)(H,29,30). The monoisotopic (exact) mass is 434 g/mol. The number of rotatable bonds is 8. The number of hydrogen-bond donors (Lipinski definition) is 3. The highest BCUT2D eigenvalue weighted by Crippen LogP contribution is 2.44. The number of ether oxygens (including phenoxy) is 1. The maximum atomic E-state index is 12.6. The molecule has 3 unspecified atom stereocenters. The minimum Gasteiger partial charge on any atom is -0.481 e. The lowest BCUT2D eigenvalue weighted by Gasteiger charge is -2.19. The molecule has 0 bridgehead atoms. The fraction of sp³-hybridized carbons (Fsp3) is 0.400. The maximum Gasteiger partial charge on any atom is 0.407 e. The van der Waals surface area contributed by atoms with Crippen LogP contribution >= 0.6 is 0 Å². The SMILES string of the molecule is O=C(NC(C(=O)NCC1CC1C(=O)O)C1CC1)OCC1c2ccccc2-c2ccccc21. The normalized spacial score (nSPS) is 21.8. The van der Waals surface area contributed by atoms with Crippen LogP contribution in [0, 0.1) is 17.8 Å². The van der Waals surface area contributed by atoms with Gasteiger partial charge in [-0.1, -0.05) is 48.5 Å². The van der Waals surface area contributed by atoms with Gasteiger partial charge in [0, 0.05) is 12.5 Å². The average Bonchev–Trinajstić information content (AvgIpc) is 3.71. The third-order valence-electron chi connectivity index (χ3n) is 6.77. The summed E-state index contributed by atoms with van der Waals surface area (Å²) >= 11 is 0. The van der Waals surface area contributed by atoms with Crippen LogP contribution in [-0.4, -0.2) is 42.3 Å². The van der Waals surface area contributed by atoms with Crippen molar-refractivity contribution in [3.05, 3.63) is 59.7 Å². The summed E-state index contributed by atoms with van der Waals surface area (Å²) in [4.78, 5) is 36.2. The van der Waals surface area contributed by atoms with Gasteiger partial charge in [-0.25, -0.2) is 4.79 Å². The molecule has 3 aliphatic carbocycles. The van der Waals surface area contributed by atoms with Crippen molar-refractivity contribution in [1.82, 2.24) is 10.6 Å². The Morgan fingerprint density at radius 3 is 2.19 bits per heavy atom. The molecule has 5 rings (SSSR count). The van der Waals surface area contributed by atoms with E-state index < -0.39 is 18.1 Å². The lowest BCUT2D eigenvalue weighted by Crippen LogP contribution is -2.49. The van der Waals surface area contributed by atoms with Crippen molar-refractivity contribution in [1.29, 1.82) is 0 Å². The fourth-order valence-electron chi connectivity index (χ4n) is 4.71. The minimum atomic E-state index is -0.820. The molecule has 7 nitrogen and oxygen atoms in total. The summed E-state index contributed by atoms with van der Waals surface area (Å²) in [7, 11) is 0. The van der Waals surface area contributed by atoms with Gasteiger partial charge in [0.25, 0.3) is 0 Å². The third kappa shape index (κ3) is 4.07. The van der Waals surface area contributed by atoms with E-state index in [9.17, 15) is 14.4 Å². The van der Waals surface area contributed by atoms with Crippen molar-refractivity contribution in [2.24, 2.45) is 17.8 Å². The van der Waals surface area contributed by atoms with Crippen LogP contribution in [0.3, 0.4) is 0 Å². The Labute approximate surface area is 186 Å². The number of carboxylic acids is 1. The summed E-state index contributed by atoms with van der Waals surface area (Å²) in [5.41, 5.74) is 4.59. The minimum absolute atomic E-state index is 0.0224. The quantitative estimate of drug-likeness (QED) is 0.592. The first-order valence-electron chi connectivity index (χ1n) is 11.1. The summed E-state index contributed by atoms with van der Waals surface area (Å²) < 4.78 is 5.58. The van der Waals surface area contributed by atoms with Crippen LogP contribution in [0.2, 0.25) is 0 Å². The lowest BCUT2D eigenvalue weighted by molar-refractivity contribution is -0.139. The molecule has 0 heterocycles. The number of hydrogen-bond acceptors (Lipinski definition) is 4. The molecule has 0 aliphatic heterocycles. The van der Waals surface area contributed by atoms with Gasteiger partial charge < -0.3 is 20.5 Å². The number of carboxylic acid groups (broad SMARTS) is 1. The number of benzene rings is 2. The summed E-state index contributed by atoms with van der Waals surface area (Å²) in [6, 6.07) is 15.6. The molecule has 3 atom stereocenters. The molecule has 0 radical (unpaired) electrons. The van der Waals surface area contributed by atoms with Gasteiger partial charge in [-0.05, 0) is 53.4 Å². The van der Waals surface area contributed by atoms with Crippen LogP contribution in [0.1, 0.15) is 36.3 Å². The number of amides is 2. The second-order valence-electron chi connectivity index (χ2n) is 8.97. The molecule has 2 saturated carbocycles. The van der Waals surface area contributed by atoms with Gasteiger partial charge in [-0.15, -0.1) is 0 Å². The Morgan fingerprint density at radius 2 is 1.62 bits per heavy atom. The van der Waals surface area contributed by atoms with E-state index in [0.717, 1.165) is 35.1 Å². The van der Waals surface area contributed by atoms with Crippen LogP contribution in [0.4, 0.5) is 4.79 Å². The van der Waals surface area contributed by atoms with E-state index in [1.54, 1.807) is 0 Å². The fourth-order valence-corrected chi connectivity index (χ4v) is 4.71. The highest BCUT2D eigenvalue weighted by molar-refractivity contribution is 5.86. The molecule has 3 N–H and O–H groups in total. The predicted octanol–water partition coefficient (Wildman–Crippen LogP) is 3.14. The van der Waals surface area contributed by atoms with Crippen LogP contribution < -0.4 is 10.6 Å². The van der Waals surface area contributed by atoms with E-state index in [4.69, 9.17) is 9.84 Å². The molecule has 0 saturated heterocycles. The summed E-state index contributed by atoms with van der Waals surface area (Å²) in [6.07, 6.45) is 1.74. The molecule has 32 heavy (non-hydrogen) atoms. The van der Waals surface area contributed by atoms with Crippen molar-refractivity contribution in [2.45, 2.75) is 31.2 Å². The zero-order chi connectivity index (χ0) is 22.2. The zero-order valence-corrected chi connectivity index (χ0v) is 17.6. The number of carbonyl (C=O) groups is 3. The van der Waals surface area contributed by atoms with Gasteiger partial charge >= 0.3 is 12.1 Å². The number of alkyl carbamates (subject to hydrolysis) is 1. The molecule has 0 spiro atoms. The van der Waals surface area contributed by atoms with Crippen LogP contribution in [0.25, 0.3) is 11.1 Å². The number of nitrogens with one attached hydrogen (secondary N) is 2. The molecule has 0 aromatic heterocycles. The molecule has 2 aromatic carbocycles. The van der Waals surface area contributed by atoms with E-state index in [1.807, 2.05) is 24.3 Å². The Hall–Kier alpha value is -3.35. The van der Waals surface area contributed by atoms with Gasteiger partial charge in [0.15, 0.2) is 0 Å². The predicted molar refractivity (Wildman–Crippen MR) is 117 cm³/mol. The molecule has 7 heteroatoms. The van der Waals surface area contributed by atoms with Crippen molar-refractivity contribution in [2.75, 3.05) is 13.2 Å². The second kappa shape index (κ2) is 8.30. The van der Waals surface area contributed by atoms with Crippen molar-refractivity contribution < 1.29 is 24.2 Å².